The fraction of sp³-hybridized carbons (Fsp3) is 0.526. The van der Waals surface area contributed by atoms with Crippen LogP contribution in [0.4, 0.5) is 0 Å². The van der Waals surface area contributed by atoms with Crippen molar-refractivity contribution in [1.82, 2.24) is 5.32 Å². The van der Waals surface area contributed by atoms with Gasteiger partial charge in [0.15, 0.2) is 0 Å². The minimum atomic E-state index is 0.133. The second kappa shape index (κ2) is 9.23. The van der Waals surface area contributed by atoms with Crippen molar-refractivity contribution in [1.29, 1.82) is 0 Å². The van der Waals surface area contributed by atoms with Crippen molar-refractivity contribution >= 4 is 5.91 Å². The van der Waals surface area contributed by atoms with Crippen LogP contribution < -0.4 is 5.32 Å². The van der Waals surface area contributed by atoms with Crippen LogP contribution in [0, 0.1) is 17.8 Å². The van der Waals surface area contributed by atoms with Crippen molar-refractivity contribution in [2.75, 3.05) is 6.54 Å². The number of rotatable bonds is 5. The van der Waals surface area contributed by atoms with E-state index in [2.05, 4.69) is 17.2 Å². The molecular weight excluding hydrogens is 258 g/mol. The first-order chi connectivity index (χ1) is 10.3. The predicted molar refractivity (Wildman–Crippen MR) is 86.8 cm³/mol. The third-order valence-electron chi connectivity index (χ3n) is 4.12. The minimum absolute atomic E-state index is 0.133. The van der Waals surface area contributed by atoms with Gasteiger partial charge in [0.25, 0.3) is 0 Å². The summed E-state index contributed by atoms with van der Waals surface area (Å²) in [5, 5.41) is 2.88. The van der Waals surface area contributed by atoms with Crippen molar-refractivity contribution in [3.8, 4) is 11.8 Å². The van der Waals surface area contributed by atoms with E-state index in [4.69, 9.17) is 0 Å². The molecule has 1 aromatic carbocycles. The molecular formula is C19H25NO. The van der Waals surface area contributed by atoms with Gasteiger partial charge in [-0.3, -0.25) is 4.79 Å². The summed E-state index contributed by atoms with van der Waals surface area (Å²) >= 11 is 0. The van der Waals surface area contributed by atoms with E-state index >= 15 is 0 Å². The molecule has 2 nitrogen and oxygen atoms in total. The van der Waals surface area contributed by atoms with Crippen LogP contribution in [0.3, 0.4) is 0 Å². The first-order valence-electron chi connectivity index (χ1n) is 8.15. The Balaban J connectivity index is 1.56. The summed E-state index contributed by atoms with van der Waals surface area (Å²) in [6, 6.07) is 9.85. The van der Waals surface area contributed by atoms with E-state index in [1.54, 1.807) is 0 Å². The van der Waals surface area contributed by atoms with Crippen LogP contribution in [0.25, 0.3) is 0 Å². The Kier molecular flexibility index (Phi) is 6.88. The number of nitrogens with one attached hydrogen (secondary N) is 1. The monoisotopic (exact) mass is 283 g/mol. The molecule has 0 unspecified atom stereocenters. The lowest BCUT2D eigenvalue weighted by atomic mass is 9.86. The number of amides is 1. The normalized spacial score (nSPS) is 15.0. The Morgan fingerprint density at radius 2 is 1.90 bits per heavy atom. The molecule has 21 heavy (non-hydrogen) atoms. The first kappa shape index (κ1) is 15.6. The zero-order valence-electron chi connectivity index (χ0n) is 12.7. The second-order valence-electron chi connectivity index (χ2n) is 5.84. The maximum absolute atomic E-state index is 11.7. The molecule has 1 fully saturated rings. The molecule has 0 bridgehead atoms. The van der Waals surface area contributed by atoms with E-state index in [0.717, 1.165) is 17.9 Å². The van der Waals surface area contributed by atoms with E-state index in [9.17, 15) is 4.79 Å². The summed E-state index contributed by atoms with van der Waals surface area (Å²) in [5.74, 6) is 7.03. The molecule has 1 amide bonds. The summed E-state index contributed by atoms with van der Waals surface area (Å²) in [5.41, 5.74) is 0.990. The molecule has 2 rings (SSSR count). The Hall–Kier alpha value is -1.75. The maximum Gasteiger partial charge on any atom is 0.220 e. The molecule has 1 aliphatic rings. The Morgan fingerprint density at radius 1 is 1.14 bits per heavy atom. The fourth-order valence-corrected chi connectivity index (χ4v) is 2.93. The summed E-state index contributed by atoms with van der Waals surface area (Å²) in [6.07, 6.45) is 9.76. The molecule has 0 heterocycles. The van der Waals surface area contributed by atoms with Gasteiger partial charge in [0.2, 0.25) is 5.91 Å². The Morgan fingerprint density at radius 3 is 2.67 bits per heavy atom. The van der Waals surface area contributed by atoms with Crippen molar-refractivity contribution in [3.63, 3.8) is 0 Å². The van der Waals surface area contributed by atoms with Gasteiger partial charge in [0.1, 0.15) is 0 Å². The molecule has 1 aromatic rings. The van der Waals surface area contributed by atoms with Gasteiger partial charge in [-0.15, -0.1) is 0 Å². The quantitative estimate of drug-likeness (QED) is 0.816. The average Bonchev–Trinajstić information content (AvgIpc) is 2.54. The lowest BCUT2D eigenvalue weighted by molar-refractivity contribution is -0.121. The number of hydrogen-bond acceptors (Lipinski definition) is 1. The standard InChI is InChI=1S/C19H25NO/c21-19(15-7-13-17-9-3-1-4-10-17)20-16-8-14-18-11-5-2-6-12-18/h2,5-6,11-12,17H,1,3-4,7,9-10,13,15-16H2,(H,20,21). The molecule has 1 aliphatic carbocycles. The van der Waals surface area contributed by atoms with Crippen molar-refractivity contribution in [3.05, 3.63) is 35.9 Å². The molecule has 1 saturated carbocycles. The van der Waals surface area contributed by atoms with Crippen molar-refractivity contribution in [2.24, 2.45) is 5.92 Å². The van der Waals surface area contributed by atoms with Crippen molar-refractivity contribution < 1.29 is 4.79 Å². The molecule has 0 aromatic heterocycles. The van der Waals surface area contributed by atoms with Gasteiger partial charge in [-0.2, -0.15) is 0 Å². The van der Waals surface area contributed by atoms with Crippen LogP contribution in [0.5, 0.6) is 0 Å². The van der Waals surface area contributed by atoms with Crippen LogP contribution >= 0.6 is 0 Å². The molecule has 0 radical (unpaired) electrons. The van der Waals surface area contributed by atoms with E-state index in [1.165, 1.54) is 38.5 Å². The highest BCUT2D eigenvalue weighted by molar-refractivity contribution is 5.76. The molecule has 0 atom stereocenters. The number of carbonyl (C=O) groups excluding carboxylic acids is 1. The van der Waals surface area contributed by atoms with Crippen LogP contribution in [0.15, 0.2) is 30.3 Å². The summed E-state index contributed by atoms with van der Waals surface area (Å²) in [6.45, 7) is 0.442. The fourth-order valence-electron chi connectivity index (χ4n) is 2.93. The van der Waals surface area contributed by atoms with Gasteiger partial charge in [-0.1, -0.05) is 62.1 Å². The Bertz CT molecular complexity index is 477. The molecule has 112 valence electrons. The lowest BCUT2D eigenvalue weighted by Crippen LogP contribution is -2.23. The van der Waals surface area contributed by atoms with Crippen LogP contribution in [0.1, 0.15) is 56.9 Å². The van der Waals surface area contributed by atoms with Gasteiger partial charge in [0.05, 0.1) is 6.54 Å². The third kappa shape index (κ3) is 6.49. The summed E-state index contributed by atoms with van der Waals surface area (Å²) in [7, 11) is 0. The van der Waals surface area contributed by atoms with E-state index in [1.807, 2.05) is 30.3 Å². The molecule has 0 spiro atoms. The number of hydrogen-bond donors (Lipinski definition) is 1. The van der Waals surface area contributed by atoms with Crippen LogP contribution in [-0.4, -0.2) is 12.5 Å². The van der Waals surface area contributed by atoms with Crippen molar-refractivity contribution in [2.45, 2.75) is 51.4 Å². The highest BCUT2D eigenvalue weighted by atomic mass is 16.1. The topological polar surface area (TPSA) is 29.1 Å². The molecule has 0 aliphatic heterocycles. The SMILES string of the molecule is O=C(CCCC1CCCCC1)NCC#Cc1ccccc1. The van der Waals surface area contributed by atoms with Crippen LogP contribution in [-0.2, 0) is 4.79 Å². The molecule has 0 saturated heterocycles. The van der Waals surface area contributed by atoms with Gasteiger partial charge in [-0.25, -0.2) is 0 Å². The second-order valence-corrected chi connectivity index (χ2v) is 5.84. The smallest absolute Gasteiger partial charge is 0.220 e. The van der Waals surface area contributed by atoms with Crippen LogP contribution in [0.2, 0.25) is 0 Å². The Labute approximate surface area is 128 Å². The van der Waals surface area contributed by atoms with E-state index in [-0.39, 0.29) is 5.91 Å². The lowest BCUT2D eigenvalue weighted by Gasteiger charge is -2.20. The first-order valence-corrected chi connectivity index (χ1v) is 8.15. The zero-order chi connectivity index (χ0) is 14.8. The predicted octanol–water partition coefficient (Wildman–Crippen LogP) is 3.90. The molecule has 1 N–H and O–H groups in total. The summed E-state index contributed by atoms with van der Waals surface area (Å²) in [4.78, 5) is 11.7. The largest absolute Gasteiger partial charge is 0.345 e. The van der Waals surface area contributed by atoms with E-state index in [0.29, 0.717) is 13.0 Å². The van der Waals surface area contributed by atoms with Gasteiger partial charge in [-0.05, 0) is 30.9 Å². The van der Waals surface area contributed by atoms with Gasteiger partial charge in [0, 0.05) is 12.0 Å². The third-order valence-corrected chi connectivity index (χ3v) is 4.12. The highest BCUT2D eigenvalue weighted by Crippen LogP contribution is 2.27. The number of carbonyl (C=O) groups is 1. The zero-order valence-corrected chi connectivity index (χ0v) is 12.7. The minimum Gasteiger partial charge on any atom is -0.345 e. The molecule has 2 heteroatoms. The summed E-state index contributed by atoms with van der Waals surface area (Å²) < 4.78 is 0. The maximum atomic E-state index is 11.7. The highest BCUT2D eigenvalue weighted by Gasteiger charge is 2.13. The van der Waals surface area contributed by atoms with Gasteiger partial charge < -0.3 is 5.32 Å². The van der Waals surface area contributed by atoms with E-state index < -0.39 is 0 Å². The van der Waals surface area contributed by atoms with Gasteiger partial charge >= 0.3 is 0 Å². The number of benzene rings is 1. The average molecular weight is 283 g/mol.